The number of nitrogens with zero attached hydrogens (tertiary/aromatic N) is 1. The van der Waals surface area contributed by atoms with Crippen LogP contribution < -0.4 is 25.1 Å². The lowest BCUT2D eigenvalue weighted by Gasteiger charge is -2.24. The first kappa shape index (κ1) is 23.6. The summed E-state index contributed by atoms with van der Waals surface area (Å²) in [4.78, 5) is 30.8. The number of hydrogen-bond donors (Lipinski definition) is 2. The Morgan fingerprint density at radius 3 is 2.44 bits per heavy atom. The van der Waals surface area contributed by atoms with Crippen LogP contribution in [0.5, 0.6) is 17.2 Å². The third-order valence-electron chi connectivity index (χ3n) is 5.88. The summed E-state index contributed by atoms with van der Waals surface area (Å²) in [5.41, 5.74) is 2.17. The Kier molecular flexibility index (Phi) is 6.69. The van der Waals surface area contributed by atoms with E-state index in [-0.39, 0.29) is 24.7 Å². The molecule has 0 unspecified atom stereocenters. The lowest BCUT2D eigenvalue weighted by molar-refractivity contribution is 0.172. The molecule has 3 aromatic carbocycles. The highest BCUT2D eigenvalue weighted by Gasteiger charge is 2.20. The van der Waals surface area contributed by atoms with Crippen molar-refractivity contribution < 1.29 is 19.0 Å². The monoisotopic (exact) mass is 505 g/mol. The summed E-state index contributed by atoms with van der Waals surface area (Å²) >= 11 is 5.98. The van der Waals surface area contributed by atoms with Crippen LogP contribution in [0.4, 0.5) is 10.5 Å². The van der Waals surface area contributed by atoms with E-state index >= 15 is 0 Å². The molecule has 0 saturated carbocycles. The van der Waals surface area contributed by atoms with Crippen LogP contribution in [0.1, 0.15) is 11.1 Å². The number of ether oxygens (including phenoxy) is 3. The SMILES string of the molecule is COc1ccccc1CN(Cc1cc2cc3c(cc2[nH]c1=O)OCCO3)C(=O)Nc1ccc(Cl)cc1. The molecule has 184 valence electrons. The number of para-hydroxylation sites is 1. The van der Waals surface area contributed by atoms with Crippen LogP contribution in [0.2, 0.25) is 5.02 Å². The third kappa shape index (κ3) is 5.08. The van der Waals surface area contributed by atoms with Crippen molar-refractivity contribution in [3.8, 4) is 17.2 Å². The fourth-order valence-electron chi connectivity index (χ4n) is 4.09. The molecule has 1 aliphatic rings. The van der Waals surface area contributed by atoms with Crippen molar-refractivity contribution in [2.75, 3.05) is 25.6 Å². The normalized spacial score (nSPS) is 12.3. The zero-order valence-electron chi connectivity index (χ0n) is 19.5. The second-order valence-corrected chi connectivity index (χ2v) is 8.75. The van der Waals surface area contributed by atoms with Crippen LogP contribution in [0, 0.1) is 0 Å². The minimum absolute atomic E-state index is 0.0667. The largest absolute Gasteiger partial charge is 0.496 e. The number of carbonyl (C=O) groups is 1. The minimum Gasteiger partial charge on any atom is -0.496 e. The first-order chi connectivity index (χ1) is 17.5. The molecule has 2 amide bonds. The number of H-pyrrole nitrogens is 1. The van der Waals surface area contributed by atoms with Gasteiger partial charge in [-0.2, -0.15) is 0 Å². The first-order valence-corrected chi connectivity index (χ1v) is 11.8. The Bertz CT molecular complexity index is 1470. The smallest absolute Gasteiger partial charge is 0.322 e. The van der Waals surface area contributed by atoms with E-state index in [1.54, 1.807) is 48.4 Å². The topological polar surface area (TPSA) is 92.9 Å². The molecule has 2 N–H and O–H groups in total. The van der Waals surface area contributed by atoms with Gasteiger partial charge in [-0.1, -0.05) is 29.8 Å². The number of carbonyl (C=O) groups excluding carboxylic acids is 1. The summed E-state index contributed by atoms with van der Waals surface area (Å²) in [6.07, 6.45) is 0. The molecule has 0 bridgehead atoms. The number of amides is 2. The Morgan fingerprint density at radius 2 is 1.69 bits per heavy atom. The van der Waals surface area contributed by atoms with Gasteiger partial charge in [0.2, 0.25) is 0 Å². The second-order valence-electron chi connectivity index (χ2n) is 8.31. The molecule has 0 fully saturated rings. The fraction of sp³-hybridized carbons (Fsp3) is 0.185. The highest BCUT2D eigenvalue weighted by molar-refractivity contribution is 6.30. The van der Waals surface area contributed by atoms with E-state index in [9.17, 15) is 9.59 Å². The van der Waals surface area contributed by atoms with E-state index in [4.69, 9.17) is 25.8 Å². The fourth-order valence-corrected chi connectivity index (χ4v) is 4.21. The number of fused-ring (bicyclic) bond motifs is 2. The molecule has 36 heavy (non-hydrogen) atoms. The highest BCUT2D eigenvalue weighted by Crippen LogP contribution is 2.33. The van der Waals surface area contributed by atoms with Crippen LogP contribution in [-0.2, 0) is 13.1 Å². The first-order valence-electron chi connectivity index (χ1n) is 11.4. The van der Waals surface area contributed by atoms with Crippen molar-refractivity contribution in [3.05, 3.63) is 93.2 Å². The van der Waals surface area contributed by atoms with Crippen LogP contribution in [-0.4, -0.2) is 36.2 Å². The van der Waals surface area contributed by atoms with E-state index in [1.165, 1.54) is 0 Å². The number of hydrogen-bond acceptors (Lipinski definition) is 5. The van der Waals surface area contributed by atoms with Crippen molar-refractivity contribution in [2.45, 2.75) is 13.1 Å². The highest BCUT2D eigenvalue weighted by atomic mass is 35.5. The van der Waals surface area contributed by atoms with E-state index in [2.05, 4.69) is 10.3 Å². The number of halogens is 1. The van der Waals surface area contributed by atoms with Gasteiger partial charge in [-0.3, -0.25) is 4.79 Å². The van der Waals surface area contributed by atoms with Gasteiger partial charge in [0, 0.05) is 33.3 Å². The van der Waals surface area contributed by atoms with E-state index in [0.29, 0.717) is 52.3 Å². The molecule has 0 radical (unpaired) electrons. The van der Waals surface area contributed by atoms with E-state index < -0.39 is 0 Å². The molecule has 0 saturated heterocycles. The van der Waals surface area contributed by atoms with E-state index in [1.807, 2.05) is 30.3 Å². The van der Waals surface area contributed by atoms with Gasteiger partial charge >= 0.3 is 6.03 Å². The summed E-state index contributed by atoms with van der Waals surface area (Å²) in [6.45, 7) is 1.22. The quantitative estimate of drug-likeness (QED) is 0.376. The molecule has 1 aromatic heterocycles. The number of nitrogens with one attached hydrogen (secondary N) is 2. The molecule has 5 rings (SSSR count). The van der Waals surface area contributed by atoms with Crippen molar-refractivity contribution in [1.82, 2.24) is 9.88 Å². The van der Waals surface area contributed by atoms with Crippen molar-refractivity contribution >= 4 is 34.2 Å². The summed E-state index contributed by atoms with van der Waals surface area (Å²) in [6, 6.07) is 19.3. The standard InChI is InChI=1S/C27H24ClN3O5/c1-34-23-5-3-2-4-17(23)15-31(27(33)29-21-8-6-20(28)7-9-21)16-19-12-18-13-24-25(36-11-10-35-24)14-22(18)30-26(19)32/h2-9,12-14H,10-11,15-16H2,1H3,(H,29,33)(H,30,32). The molecule has 2 heterocycles. The average Bonchev–Trinajstić information content (AvgIpc) is 2.89. The number of benzene rings is 3. The summed E-state index contributed by atoms with van der Waals surface area (Å²) in [5, 5.41) is 4.23. The predicted molar refractivity (Wildman–Crippen MR) is 138 cm³/mol. The van der Waals surface area contributed by atoms with Gasteiger partial charge in [-0.15, -0.1) is 0 Å². The Morgan fingerprint density at radius 1 is 1.00 bits per heavy atom. The lowest BCUT2D eigenvalue weighted by atomic mass is 10.1. The zero-order valence-corrected chi connectivity index (χ0v) is 20.3. The van der Waals surface area contributed by atoms with Crippen LogP contribution >= 0.6 is 11.6 Å². The number of aromatic nitrogens is 1. The maximum Gasteiger partial charge on any atom is 0.322 e. The Balaban J connectivity index is 1.48. The molecule has 0 aliphatic carbocycles. The van der Waals surface area contributed by atoms with Crippen molar-refractivity contribution in [3.63, 3.8) is 0 Å². The number of anilines is 1. The maximum atomic E-state index is 13.4. The number of urea groups is 1. The average molecular weight is 506 g/mol. The van der Waals surface area contributed by atoms with Gasteiger partial charge in [0.25, 0.3) is 5.56 Å². The van der Waals surface area contributed by atoms with Gasteiger partial charge in [0.1, 0.15) is 19.0 Å². The lowest BCUT2D eigenvalue weighted by Crippen LogP contribution is -2.35. The molecular formula is C27H24ClN3O5. The van der Waals surface area contributed by atoms with Gasteiger partial charge in [-0.05, 0) is 42.5 Å². The number of pyridine rings is 1. The Hall–Kier alpha value is -4.17. The molecule has 4 aromatic rings. The van der Waals surface area contributed by atoms with Crippen molar-refractivity contribution in [1.29, 1.82) is 0 Å². The van der Waals surface area contributed by atoms with Gasteiger partial charge < -0.3 is 29.4 Å². The second kappa shape index (κ2) is 10.2. The number of aromatic amines is 1. The van der Waals surface area contributed by atoms with E-state index in [0.717, 1.165) is 10.9 Å². The van der Waals surface area contributed by atoms with Gasteiger partial charge in [-0.25, -0.2) is 4.79 Å². The minimum atomic E-state index is -0.370. The molecule has 9 heteroatoms. The van der Waals surface area contributed by atoms with Gasteiger partial charge in [0.15, 0.2) is 11.5 Å². The summed E-state index contributed by atoms with van der Waals surface area (Å²) in [7, 11) is 1.58. The maximum absolute atomic E-state index is 13.4. The predicted octanol–water partition coefficient (Wildman–Crippen LogP) is 5.20. The zero-order chi connectivity index (χ0) is 25.1. The van der Waals surface area contributed by atoms with Crippen LogP contribution in [0.25, 0.3) is 10.9 Å². The Labute approximate surface area is 212 Å². The molecule has 8 nitrogen and oxygen atoms in total. The van der Waals surface area contributed by atoms with Crippen LogP contribution in [0.15, 0.2) is 71.5 Å². The summed E-state index contributed by atoms with van der Waals surface area (Å²) < 4.78 is 16.8. The van der Waals surface area contributed by atoms with Gasteiger partial charge in [0.05, 0.1) is 25.7 Å². The number of methoxy groups -OCH3 is 1. The number of rotatable bonds is 6. The molecular weight excluding hydrogens is 482 g/mol. The summed E-state index contributed by atoms with van der Waals surface area (Å²) in [5.74, 6) is 1.87. The molecule has 0 spiro atoms. The van der Waals surface area contributed by atoms with Crippen LogP contribution in [0.3, 0.4) is 0 Å². The van der Waals surface area contributed by atoms with Crippen molar-refractivity contribution in [2.24, 2.45) is 0 Å². The third-order valence-corrected chi connectivity index (χ3v) is 6.13. The molecule has 1 aliphatic heterocycles. The molecule has 0 atom stereocenters.